The van der Waals surface area contributed by atoms with E-state index in [-0.39, 0.29) is 0 Å². The Bertz CT molecular complexity index is 552. The van der Waals surface area contributed by atoms with Crippen LogP contribution in [0.25, 0.3) is 10.9 Å². The molecule has 0 aliphatic carbocycles. The molecular weight excluding hydrogens is 246 g/mol. The van der Waals surface area contributed by atoms with Gasteiger partial charge in [-0.3, -0.25) is 0 Å². The summed E-state index contributed by atoms with van der Waals surface area (Å²) in [6.07, 6.45) is 6.27. The molecule has 0 unspecified atom stereocenters. The zero-order valence-electron chi connectivity index (χ0n) is 12.4. The smallest absolute Gasteiger partial charge is 0.0483 e. The zero-order valence-corrected chi connectivity index (χ0v) is 12.4. The van der Waals surface area contributed by atoms with Crippen LogP contribution in [0.5, 0.6) is 0 Å². The molecule has 3 nitrogen and oxygen atoms in total. The van der Waals surface area contributed by atoms with Crippen molar-refractivity contribution in [1.82, 2.24) is 14.8 Å². The average Bonchev–Trinajstić information content (AvgIpc) is 3.10. The van der Waals surface area contributed by atoms with E-state index in [2.05, 4.69) is 45.2 Å². The van der Waals surface area contributed by atoms with Crippen molar-refractivity contribution in [3.8, 4) is 0 Å². The molecule has 1 fully saturated rings. The Morgan fingerprint density at radius 2 is 1.95 bits per heavy atom. The van der Waals surface area contributed by atoms with E-state index in [0.717, 1.165) is 13.1 Å². The molecule has 0 saturated carbocycles. The maximum atomic E-state index is 3.25. The summed E-state index contributed by atoms with van der Waals surface area (Å²) < 4.78 is 2.41. The molecule has 2 heterocycles. The molecule has 2 aromatic rings. The van der Waals surface area contributed by atoms with E-state index in [1.54, 1.807) is 0 Å². The minimum Gasteiger partial charge on any atom is -0.347 e. The van der Waals surface area contributed by atoms with Gasteiger partial charge in [-0.05, 0) is 63.6 Å². The molecular formula is C17H25N3. The Balaban J connectivity index is 1.67. The summed E-state index contributed by atoms with van der Waals surface area (Å²) in [5, 5.41) is 4.64. The number of benzene rings is 1. The second-order valence-corrected chi connectivity index (χ2v) is 5.79. The van der Waals surface area contributed by atoms with Crippen LogP contribution < -0.4 is 5.32 Å². The Morgan fingerprint density at radius 1 is 1.10 bits per heavy atom. The fraction of sp³-hybridized carbons (Fsp3) is 0.529. The van der Waals surface area contributed by atoms with Gasteiger partial charge in [0.25, 0.3) is 0 Å². The van der Waals surface area contributed by atoms with Crippen LogP contribution in [0, 0.1) is 0 Å². The summed E-state index contributed by atoms with van der Waals surface area (Å²) in [6, 6.07) is 8.89. The highest BCUT2D eigenvalue weighted by atomic mass is 15.1. The average molecular weight is 271 g/mol. The lowest BCUT2D eigenvalue weighted by atomic mass is 10.1. The quantitative estimate of drug-likeness (QED) is 0.872. The lowest BCUT2D eigenvalue weighted by molar-refractivity contribution is 0.326. The van der Waals surface area contributed by atoms with Crippen LogP contribution in [0.2, 0.25) is 0 Å². The topological polar surface area (TPSA) is 20.2 Å². The molecule has 0 atom stereocenters. The molecule has 3 heteroatoms. The van der Waals surface area contributed by atoms with E-state index in [0.29, 0.717) is 0 Å². The van der Waals surface area contributed by atoms with Crippen molar-refractivity contribution >= 4 is 10.9 Å². The number of nitrogens with zero attached hydrogens (tertiary/aromatic N) is 2. The van der Waals surface area contributed by atoms with Gasteiger partial charge in [0, 0.05) is 30.2 Å². The number of hydrogen-bond acceptors (Lipinski definition) is 2. The van der Waals surface area contributed by atoms with E-state index in [4.69, 9.17) is 0 Å². The number of aromatic nitrogens is 1. The van der Waals surface area contributed by atoms with Gasteiger partial charge in [-0.25, -0.2) is 0 Å². The van der Waals surface area contributed by atoms with E-state index >= 15 is 0 Å². The maximum absolute atomic E-state index is 3.25. The van der Waals surface area contributed by atoms with Crippen LogP contribution in [0.3, 0.4) is 0 Å². The van der Waals surface area contributed by atoms with Crippen molar-refractivity contribution in [3.05, 3.63) is 36.0 Å². The number of nitrogens with one attached hydrogen (secondary N) is 1. The van der Waals surface area contributed by atoms with Crippen LogP contribution in [0.1, 0.15) is 24.8 Å². The lowest BCUT2D eigenvalue weighted by Crippen LogP contribution is -2.21. The number of hydrogen-bond donors (Lipinski definition) is 1. The third kappa shape index (κ3) is 2.89. The molecule has 0 spiro atoms. The number of rotatable bonds is 6. The van der Waals surface area contributed by atoms with Gasteiger partial charge in [0.1, 0.15) is 0 Å². The highest BCUT2D eigenvalue weighted by Gasteiger charge is 2.11. The van der Waals surface area contributed by atoms with Gasteiger partial charge >= 0.3 is 0 Å². The molecule has 20 heavy (non-hydrogen) atoms. The monoisotopic (exact) mass is 271 g/mol. The normalized spacial score (nSPS) is 16.2. The Kier molecular flexibility index (Phi) is 4.38. The summed E-state index contributed by atoms with van der Waals surface area (Å²) in [7, 11) is 2.01. The van der Waals surface area contributed by atoms with Crippen molar-refractivity contribution in [3.63, 3.8) is 0 Å². The first kappa shape index (κ1) is 13.7. The predicted molar refractivity (Wildman–Crippen MR) is 85.0 cm³/mol. The van der Waals surface area contributed by atoms with E-state index in [1.807, 2.05) is 7.05 Å². The van der Waals surface area contributed by atoms with Gasteiger partial charge in [-0.15, -0.1) is 0 Å². The summed E-state index contributed by atoms with van der Waals surface area (Å²) in [4.78, 5) is 2.60. The van der Waals surface area contributed by atoms with Gasteiger partial charge in [0.15, 0.2) is 0 Å². The van der Waals surface area contributed by atoms with E-state index in [1.165, 1.54) is 55.4 Å². The van der Waals surface area contributed by atoms with Gasteiger partial charge in [-0.1, -0.05) is 12.1 Å². The second kappa shape index (κ2) is 6.42. The van der Waals surface area contributed by atoms with Crippen LogP contribution in [-0.4, -0.2) is 36.1 Å². The minimum absolute atomic E-state index is 0.940. The maximum Gasteiger partial charge on any atom is 0.0483 e. The molecule has 108 valence electrons. The first-order valence-corrected chi connectivity index (χ1v) is 7.82. The van der Waals surface area contributed by atoms with Crippen molar-refractivity contribution in [2.45, 2.75) is 32.4 Å². The molecule has 0 bridgehead atoms. The first-order valence-electron chi connectivity index (χ1n) is 7.82. The zero-order chi connectivity index (χ0) is 13.8. The third-order valence-corrected chi connectivity index (χ3v) is 4.34. The van der Waals surface area contributed by atoms with Crippen LogP contribution >= 0.6 is 0 Å². The highest BCUT2D eigenvalue weighted by molar-refractivity contribution is 5.83. The molecule has 1 aromatic carbocycles. The molecule has 1 aromatic heterocycles. The highest BCUT2D eigenvalue weighted by Crippen LogP contribution is 2.20. The second-order valence-electron chi connectivity index (χ2n) is 5.79. The molecule has 1 aliphatic heterocycles. The molecule has 0 radical (unpaired) electrons. The Labute approximate surface area is 121 Å². The molecule has 1 N–H and O–H groups in total. The molecule has 1 aliphatic rings. The Hall–Kier alpha value is -1.32. The molecule has 0 amide bonds. The van der Waals surface area contributed by atoms with Gasteiger partial charge in [0.2, 0.25) is 0 Å². The van der Waals surface area contributed by atoms with E-state index in [9.17, 15) is 0 Å². The number of likely N-dealkylation sites (tertiary alicyclic amines) is 1. The van der Waals surface area contributed by atoms with Crippen LogP contribution in [0.15, 0.2) is 30.5 Å². The summed E-state index contributed by atoms with van der Waals surface area (Å²) in [5.74, 6) is 0. The summed E-state index contributed by atoms with van der Waals surface area (Å²) in [5.41, 5.74) is 2.77. The van der Waals surface area contributed by atoms with Gasteiger partial charge in [0.05, 0.1) is 0 Å². The largest absolute Gasteiger partial charge is 0.347 e. The molecule has 1 saturated heterocycles. The van der Waals surface area contributed by atoms with Crippen molar-refractivity contribution in [2.75, 3.05) is 26.7 Å². The number of fused-ring (bicyclic) bond motifs is 1. The minimum atomic E-state index is 0.940. The summed E-state index contributed by atoms with van der Waals surface area (Å²) >= 11 is 0. The van der Waals surface area contributed by atoms with Crippen LogP contribution in [-0.2, 0) is 13.1 Å². The fourth-order valence-electron chi connectivity index (χ4n) is 3.30. The number of aryl methyl sites for hydroxylation is 1. The summed E-state index contributed by atoms with van der Waals surface area (Å²) in [6.45, 7) is 5.92. The van der Waals surface area contributed by atoms with Crippen molar-refractivity contribution in [2.24, 2.45) is 0 Å². The van der Waals surface area contributed by atoms with E-state index < -0.39 is 0 Å². The SMILES string of the molecule is CNCc1cccc2c1ccn2CCCN1CCCC1. The van der Waals surface area contributed by atoms with Gasteiger partial charge in [-0.2, -0.15) is 0 Å². The molecule has 3 rings (SSSR count). The van der Waals surface area contributed by atoms with Crippen LogP contribution in [0.4, 0.5) is 0 Å². The lowest BCUT2D eigenvalue weighted by Gasteiger charge is -2.14. The third-order valence-electron chi connectivity index (χ3n) is 4.34. The first-order chi connectivity index (χ1) is 9.88. The van der Waals surface area contributed by atoms with Crippen molar-refractivity contribution < 1.29 is 0 Å². The fourth-order valence-corrected chi connectivity index (χ4v) is 3.30. The van der Waals surface area contributed by atoms with Crippen molar-refractivity contribution in [1.29, 1.82) is 0 Å². The van der Waals surface area contributed by atoms with Gasteiger partial charge < -0.3 is 14.8 Å². The Morgan fingerprint density at radius 3 is 2.75 bits per heavy atom. The predicted octanol–water partition coefficient (Wildman–Crippen LogP) is 2.85. The standard InChI is InChI=1S/C17H25N3/c1-18-14-15-6-4-7-17-16(15)8-13-20(17)12-5-11-19-9-2-3-10-19/h4,6-8,13,18H,2-3,5,9-12,14H2,1H3.